The third-order valence-corrected chi connectivity index (χ3v) is 20.3. The quantitative estimate of drug-likeness (QED) is 0.120. The normalized spacial score (nSPS) is 30.2. The Balaban J connectivity index is 0.788. The Kier molecular flexibility index (Phi) is 17.7. The Morgan fingerprint density at radius 2 is 1.04 bits per heavy atom. The maximum absolute atomic E-state index is 14.7. The van der Waals surface area contributed by atoms with Crippen LogP contribution in [0, 0.1) is 22.7 Å². The zero-order valence-electron chi connectivity index (χ0n) is 46.5. The second kappa shape index (κ2) is 24.0. The van der Waals surface area contributed by atoms with Gasteiger partial charge in [-0.1, -0.05) is 76.2 Å². The van der Waals surface area contributed by atoms with Gasteiger partial charge in [0.15, 0.2) is 0 Å². The molecular formula is C57H81N11O8S2. The molecule has 19 nitrogen and oxygen atoms in total. The van der Waals surface area contributed by atoms with Crippen LogP contribution in [-0.2, 0) is 51.2 Å². The number of rotatable bonds is 17. The Morgan fingerprint density at radius 1 is 0.603 bits per heavy atom. The molecule has 7 amide bonds. The number of thioether (sulfide) groups is 2. The van der Waals surface area contributed by atoms with Gasteiger partial charge in [-0.2, -0.15) is 0 Å². The predicted molar refractivity (Wildman–Crippen MR) is 300 cm³/mol. The van der Waals surface area contributed by atoms with E-state index < -0.39 is 71.0 Å². The lowest BCUT2D eigenvalue weighted by atomic mass is 9.83. The summed E-state index contributed by atoms with van der Waals surface area (Å²) in [4.78, 5) is 120. The van der Waals surface area contributed by atoms with E-state index in [0.717, 1.165) is 22.3 Å². The zero-order valence-corrected chi connectivity index (χ0v) is 48.2. The summed E-state index contributed by atoms with van der Waals surface area (Å²) >= 11 is 3.29. The number of likely N-dealkylation sites (N-methyl/N-ethyl adjacent to an activating group) is 2. The molecule has 424 valence electrons. The number of hydrogen-bond acceptors (Lipinski definition) is 14. The van der Waals surface area contributed by atoms with Crippen LogP contribution in [0.15, 0.2) is 48.5 Å². The number of nitrogens with zero attached hydrogens (tertiary/aromatic N) is 4. The molecule has 0 aromatic heterocycles. The summed E-state index contributed by atoms with van der Waals surface area (Å²) in [6, 6.07) is 10.5. The lowest BCUT2D eigenvalue weighted by Crippen LogP contribution is -2.58. The highest BCUT2D eigenvalue weighted by molar-refractivity contribution is 8.00. The molecule has 5 aliphatic heterocycles. The number of amides is 7. The van der Waals surface area contributed by atoms with E-state index in [9.17, 15) is 38.4 Å². The van der Waals surface area contributed by atoms with Crippen molar-refractivity contribution < 1.29 is 38.4 Å². The third kappa shape index (κ3) is 11.9. The number of Topliss-reactive ketones (excluding diaryl/α,β-unsaturated/α-hetero) is 1. The molecule has 0 saturated carbocycles. The highest BCUT2D eigenvalue weighted by Gasteiger charge is 2.57. The predicted octanol–water partition coefficient (Wildman–Crippen LogP) is 2.06. The van der Waals surface area contributed by atoms with E-state index >= 15 is 0 Å². The molecule has 9 rings (SSSR count). The second-order valence-electron chi connectivity index (χ2n) is 23.9. The summed E-state index contributed by atoms with van der Waals surface area (Å²) in [6.07, 6.45) is 3.44. The van der Waals surface area contributed by atoms with Gasteiger partial charge in [-0.15, -0.1) is 23.5 Å². The van der Waals surface area contributed by atoms with Crippen LogP contribution in [0.1, 0.15) is 108 Å². The number of carbonyl (C=O) groups is 8. The summed E-state index contributed by atoms with van der Waals surface area (Å²) in [5.74, 6) is -1.48. The molecule has 0 bridgehead atoms. The second-order valence-corrected chi connectivity index (χ2v) is 26.5. The van der Waals surface area contributed by atoms with Crippen molar-refractivity contribution in [2.75, 3.05) is 65.0 Å². The van der Waals surface area contributed by atoms with Crippen molar-refractivity contribution >= 4 is 70.7 Å². The molecule has 2 aromatic carbocycles. The van der Waals surface area contributed by atoms with Gasteiger partial charge in [-0.3, -0.25) is 43.3 Å². The number of piperazine rings is 1. The number of nitrogens with one attached hydrogen (secondary N) is 7. The Bertz CT molecular complexity index is 2450. The first-order valence-corrected chi connectivity index (χ1v) is 30.1. The van der Waals surface area contributed by atoms with E-state index in [0.29, 0.717) is 95.8 Å². The molecule has 7 N–H and O–H groups in total. The Hall–Kier alpha value is -5.06. The van der Waals surface area contributed by atoms with Gasteiger partial charge in [0.1, 0.15) is 30.0 Å². The molecular weight excluding hydrogens is 1030 g/mol. The van der Waals surface area contributed by atoms with Crippen molar-refractivity contribution in [3.05, 3.63) is 70.8 Å². The number of carbonyl (C=O) groups excluding carboxylic acids is 8. The van der Waals surface area contributed by atoms with Crippen LogP contribution < -0.4 is 37.2 Å². The first-order valence-electron chi connectivity index (χ1n) is 28.1. The first-order chi connectivity index (χ1) is 37.2. The molecule has 0 radical (unpaired) electrons. The first kappa shape index (κ1) is 57.6. The van der Waals surface area contributed by atoms with Crippen molar-refractivity contribution in [1.29, 1.82) is 0 Å². The van der Waals surface area contributed by atoms with Crippen LogP contribution in [0.4, 0.5) is 0 Å². The largest absolute Gasteiger partial charge is 0.347 e. The van der Waals surface area contributed by atoms with Gasteiger partial charge in [-0.25, -0.2) is 0 Å². The number of fused-ring (bicyclic) bond motifs is 4. The van der Waals surface area contributed by atoms with Crippen molar-refractivity contribution in [2.45, 2.75) is 146 Å². The summed E-state index contributed by atoms with van der Waals surface area (Å²) in [6.45, 7) is 15.1. The van der Waals surface area contributed by atoms with E-state index in [1.54, 1.807) is 61.3 Å². The molecule has 2 aromatic rings. The summed E-state index contributed by atoms with van der Waals surface area (Å²) < 4.78 is 0. The molecule has 78 heavy (non-hydrogen) atoms. The van der Waals surface area contributed by atoms with Crippen LogP contribution in [0.25, 0.3) is 0 Å². The van der Waals surface area contributed by atoms with E-state index in [-0.39, 0.29) is 57.9 Å². The zero-order chi connectivity index (χ0) is 55.8. The van der Waals surface area contributed by atoms with Gasteiger partial charge in [-0.05, 0) is 111 Å². The Labute approximate surface area is 467 Å². The van der Waals surface area contributed by atoms with Crippen molar-refractivity contribution in [1.82, 2.24) is 56.8 Å². The lowest BCUT2D eigenvalue weighted by molar-refractivity contribution is -0.144. The van der Waals surface area contributed by atoms with Gasteiger partial charge in [0.2, 0.25) is 41.4 Å². The smallest absolute Gasteiger partial charge is 0.246 e. The fourth-order valence-electron chi connectivity index (χ4n) is 13.1. The third-order valence-electron chi connectivity index (χ3n) is 17.8. The minimum absolute atomic E-state index is 0.0672. The molecule has 5 saturated heterocycles. The molecule has 21 heteroatoms. The minimum Gasteiger partial charge on any atom is -0.347 e. The minimum atomic E-state index is -0.805. The Morgan fingerprint density at radius 3 is 1.51 bits per heavy atom. The number of ketones is 1. The molecule has 5 heterocycles. The highest BCUT2D eigenvalue weighted by atomic mass is 32.2. The monoisotopic (exact) mass is 1110 g/mol. The molecule has 2 aliphatic carbocycles. The standard InChI is InChI=1S/C57H81N11O8S2/c1-32(58-7)49(70)61-40-18-25-77-43-29-56(3,4)47(67(43)54(40)75)52(73)63-45-36-15-11-9-13-34(36)27-38(45)42(69)17-20-65-21-23-66(24-22-65)31-60-51(72)39-28-35-14-10-12-16-37(35)46(39)64-53(74)48-57(5,6)30-44-68(48)55(76)41(19-26-78-44)62-50(71)33(2)59-8/h9-16,32-33,38-41,43-48,58-59H,17-31H2,1-8H3,(H,60,72)(H,61,70)(H,62,71)(H,63,73)(H,64,74)/t32-,33-,38-,39?,40-,41-,43-,44-,45-,46-,47+,48+/m0/s1. The van der Waals surface area contributed by atoms with Gasteiger partial charge < -0.3 is 51.9 Å². The van der Waals surface area contributed by atoms with E-state index in [4.69, 9.17) is 0 Å². The van der Waals surface area contributed by atoms with Gasteiger partial charge in [0.25, 0.3) is 0 Å². The molecule has 1 unspecified atom stereocenters. The summed E-state index contributed by atoms with van der Waals surface area (Å²) in [7, 11) is 3.38. The maximum Gasteiger partial charge on any atom is 0.246 e. The van der Waals surface area contributed by atoms with Gasteiger partial charge >= 0.3 is 0 Å². The average molecular weight is 1110 g/mol. The van der Waals surface area contributed by atoms with Crippen molar-refractivity contribution in [2.24, 2.45) is 22.7 Å². The van der Waals surface area contributed by atoms with Crippen molar-refractivity contribution in [3.63, 3.8) is 0 Å². The van der Waals surface area contributed by atoms with Crippen LogP contribution in [0.3, 0.4) is 0 Å². The molecule has 0 spiro atoms. The highest BCUT2D eigenvalue weighted by Crippen LogP contribution is 2.49. The van der Waals surface area contributed by atoms with Crippen LogP contribution in [0.2, 0.25) is 0 Å². The van der Waals surface area contributed by atoms with Gasteiger partial charge in [0.05, 0.1) is 47.5 Å². The lowest BCUT2D eigenvalue weighted by Gasteiger charge is -2.36. The number of hydrogen-bond donors (Lipinski definition) is 7. The van der Waals surface area contributed by atoms with Crippen molar-refractivity contribution in [3.8, 4) is 0 Å². The van der Waals surface area contributed by atoms with Crippen LogP contribution in [-0.4, -0.2) is 179 Å². The van der Waals surface area contributed by atoms with Crippen LogP contribution in [0.5, 0.6) is 0 Å². The summed E-state index contributed by atoms with van der Waals surface area (Å²) in [5, 5.41) is 21.0. The number of benzene rings is 2. The van der Waals surface area contributed by atoms with E-state index in [1.165, 1.54) is 0 Å². The fourth-order valence-corrected chi connectivity index (χ4v) is 16.2. The molecule has 5 fully saturated rings. The summed E-state index contributed by atoms with van der Waals surface area (Å²) in [5.41, 5.74) is 2.69. The average Bonchev–Trinajstić information content (AvgIpc) is 4.19. The van der Waals surface area contributed by atoms with Gasteiger partial charge in [0, 0.05) is 45.1 Å². The van der Waals surface area contributed by atoms with E-state index in [1.807, 2.05) is 76.2 Å². The molecule has 7 aliphatic rings. The maximum atomic E-state index is 14.7. The fraction of sp³-hybridized carbons (Fsp3) is 0.649. The van der Waals surface area contributed by atoms with Crippen LogP contribution >= 0.6 is 23.5 Å². The molecule has 12 atom stereocenters. The SMILES string of the molecule is CN[C@@H](C)C(=O)N[C@H]1CCS[C@H]2CC(C)(C)[C@@H](C(=O)N[C@H]3c4ccccc4CC3C(=O)NCN3CCN(CCC(=O)[C@@H]4Cc5ccccc5[C@@H]4NC(=O)[C@H]4N5C(=O)[C@@H](NC(=O)[C@H](C)NC)CCS[C@H]5CC4(C)C)CC3)N2C1=O. The topological polar surface area (TPSA) is 234 Å². The van der Waals surface area contributed by atoms with E-state index in [2.05, 4.69) is 47.0 Å².